The van der Waals surface area contributed by atoms with Crippen molar-refractivity contribution < 1.29 is 34.3 Å². The van der Waals surface area contributed by atoms with Crippen LogP contribution in [0.4, 0.5) is 0 Å². The van der Waals surface area contributed by atoms with Gasteiger partial charge in [-0.05, 0) is 41.8 Å². The third-order valence-corrected chi connectivity index (χ3v) is 4.89. The molecule has 7 nitrogen and oxygen atoms in total. The van der Waals surface area contributed by atoms with Gasteiger partial charge in [0.1, 0.15) is 0 Å². The van der Waals surface area contributed by atoms with Gasteiger partial charge < -0.3 is 29.5 Å². The SMILES string of the molecule is COc1ccc(CC2COC(=O)C2(O)Cc2ccc(O)c(O)c2)cc1OC. The highest BCUT2D eigenvalue weighted by molar-refractivity contribution is 5.82. The molecule has 2 atom stereocenters. The molecule has 1 aliphatic rings. The van der Waals surface area contributed by atoms with Gasteiger partial charge in [-0.15, -0.1) is 0 Å². The molecule has 1 saturated heterocycles. The molecule has 1 aliphatic heterocycles. The van der Waals surface area contributed by atoms with Gasteiger partial charge in [-0.3, -0.25) is 0 Å². The minimum atomic E-state index is -1.73. The summed E-state index contributed by atoms with van der Waals surface area (Å²) in [5.74, 6) is -0.581. The molecule has 27 heavy (non-hydrogen) atoms. The highest BCUT2D eigenvalue weighted by Crippen LogP contribution is 2.36. The first-order chi connectivity index (χ1) is 12.9. The molecule has 1 heterocycles. The van der Waals surface area contributed by atoms with E-state index in [1.54, 1.807) is 25.3 Å². The molecule has 2 unspecified atom stereocenters. The normalized spacial score (nSPS) is 21.7. The van der Waals surface area contributed by atoms with E-state index in [0.717, 1.165) is 5.56 Å². The van der Waals surface area contributed by atoms with Crippen LogP contribution in [0.3, 0.4) is 0 Å². The fourth-order valence-electron chi connectivity index (χ4n) is 3.33. The van der Waals surface area contributed by atoms with Crippen LogP contribution in [0.15, 0.2) is 36.4 Å². The van der Waals surface area contributed by atoms with E-state index >= 15 is 0 Å². The molecule has 0 saturated carbocycles. The third kappa shape index (κ3) is 3.64. The zero-order valence-corrected chi connectivity index (χ0v) is 15.1. The first-order valence-corrected chi connectivity index (χ1v) is 8.48. The molecule has 2 aromatic carbocycles. The summed E-state index contributed by atoms with van der Waals surface area (Å²) in [6.45, 7) is 0.0910. The Morgan fingerprint density at radius 1 is 1.04 bits per heavy atom. The summed E-state index contributed by atoms with van der Waals surface area (Å²) in [6.07, 6.45) is 0.365. The van der Waals surface area contributed by atoms with E-state index in [1.807, 2.05) is 6.07 Å². The fourth-order valence-corrected chi connectivity index (χ4v) is 3.33. The van der Waals surface area contributed by atoms with Crippen molar-refractivity contribution in [3.05, 3.63) is 47.5 Å². The summed E-state index contributed by atoms with van der Waals surface area (Å²) in [6, 6.07) is 9.60. The summed E-state index contributed by atoms with van der Waals surface area (Å²) < 4.78 is 15.6. The fraction of sp³-hybridized carbons (Fsp3) is 0.350. The zero-order valence-electron chi connectivity index (χ0n) is 15.1. The Morgan fingerprint density at radius 3 is 2.41 bits per heavy atom. The minimum absolute atomic E-state index is 0.0301. The number of cyclic esters (lactones) is 1. The molecular weight excluding hydrogens is 352 g/mol. The number of phenols is 2. The van der Waals surface area contributed by atoms with Crippen molar-refractivity contribution in [3.8, 4) is 23.0 Å². The number of hydrogen-bond donors (Lipinski definition) is 3. The van der Waals surface area contributed by atoms with Crippen molar-refractivity contribution in [2.45, 2.75) is 18.4 Å². The second-order valence-electron chi connectivity index (χ2n) is 6.61. The summed E-state index contributed by atoms with van der Waals surface area (Å²) in [4.78, 5) is 12.2. The maximum Gasteiger partial charge on any atom is 0.338 e. The zero-order chi connectivity index (χ0) is 19.6. The Kier molecular flexibility index (Phi) is 5.14. The van der Waals surface area contributed by atoms with E-state index in [0.29, 0.717) is 23.5 Å². The maximum atomic E-state index is 12.2. The summed E-state index contributed by atoms with van der Waals surface area (Å²) in [7, 11) is 3.09. The first kappa shape index (κ1) is 18.8. The van der Waals surface area contributed by atoms with E-state index in [1.165, 1.54) is 19.2 Å². The molecule has 0 spiro atoms. The Labute approximate surface area is 156 Å². The van der Waals surface area contributed by atoms with Crippen molar-refractivity contribution in [2.24, 2.45) is 5.92 Å². The van der Waals surface area contributed by atoms with Crippen molar-refractivity contribution in [1.29, 1.82) is 0 Å². The Bertz CT molecular complexity index is 848. The lowest BCUT2D eigenvalue weighted by atomic mass is 9.81. The van der Waals surface area contributed by atoms with E-state index < -0.39 is 17.5 Å². The number of phenolic OH excluding ortho intramolecular Hbond substituents is 2. The van der Waals surface area contributed by atoms with E-state index in [4.69, 9.17) is 14.2 Å². The molecular formula is C20H22O7. The number of ether oxygens (including phenoxy) is 3. The second-order valence-corrected chi connectivity index (χ2v) is 6.61. The van der Waals surface area contributed by atoms with Crippen LogP contribution in [0.1, 0.15) is 11.1 Å². The van der Waals surface area contributed by atoms with E-state index in [-0.39, 0.29) is 24.5 Å². The average molecular weight is 374 g/mol. The van der Waals surface area contributed by atoms with Crippen LogP contribution in [0, 0.1) is 5.92 Å². The molecule has 0 aliphatic carbocycles. The molecule has 0 bridgehead atoms. The van der Waals surface area contributed by atoms with Crippen molar-refractivity contribution in [3.63, 3.8) is 0 Å². The smallest absolute Gasteiger partial charge is 0.338 e. The van der Waals surface area contributed by atoms with Crippen LogP contribution in [-0.2, 0) is 22.4 Å². The van der Waals surface area contributed by atoms with Gasteiger partial charge in [-0.25, -0.2) is 4.79 Å². The molecule has 7 heteroatoms. The number of carbonyl (C=O) groups is 1. The largest absolute Gasteiger partial charge is 0.504 e. The number of aromatic hydroxyl groups is 2. The number of benzene rings is 2. The highest BCUT2D eigenvalue weighted by Gasteiger charge is 2.51. The van der Waals surface area contributed by atoms with Crippen LogP contribution in [0.25, 0.3) is 0 Å². The van der Waals surface area contributed by atoms with E-state index in [2.05, 4.69) is 0 Å². The standard InChI is InChI=1S/C20H22O7/c1-25-17-6-4-12(9-18(17)26-2)7-14-11-27-19(23)20(14,24)10-13-3-5-15(21)16(22)8-13/h3-6,8-9,14,21-22,24H,7,10-11H2,1-2H3. The molecule has 144 valence electrons. The molecule has 0 amide bonds. The summed E-state index contributed by atoms with van der Waals surface area (Å²) in [5, 5.41) is 30.1. The van der Waals surface area contributed by atoms with Gasteiger partial charge in [0.25, 0.3) is 0 Å². The maximum absolute atomic E-state index is 12.2. The van der Waals surface area contributed by atoms with Crippen LogP contribution in [-0.4, -0.2) is 47.7 Å². The number of rotatable bonds is 6. The minimum Gasteiger partial charge on any atom is -0.504 e. The molecule has 0 radical (unpaired) electrons. The van der Waals surface area contributed by atoms with Crippen LogP contribution in [0.5, 0.6) is 23.0 Å². The van der Waals surface area contributed by atoms with Gasteiger partial charge in [0.2, 0.25) is 0 Å². The average Bonchev–Trinajstić information content (AvgIpc) is 2.92. The third-order valence-electron chi connectivity index (χ3n) is 4.89. The Morgan fingerprint density at radius 2 is 1.74 bits per heavy atom. The van der Waals surface area contributed by atoms with Crippen molar-refractivity contribution in [1.82, 2.24) is 0 Å². The van der Waals surface area contributed by atoms with Crippen molar-refractivity contribution >= 4 is 5.97 Å². The molecule has 2 aromatic rings. The highest BCUT2D eigenvalue weighted by atomic mass is 16.6. The predicted molar refractivity (Wildman–Crippen MR) is 96.1 cm³/mol. The van der Waals surface area contributed by atoms with Gasteiger partial charge in [0.15, 0.2) is 28.6 Å². The molecule has 1 fully saturated rings. The number of aliphatic hydroxyl groups is 1. The molecule has 0 aromatic heterocycles. The molecule has 3 N–H and O–H groups in total. The number of hydrogen-bond acceptors (Lipinski definition) is 7. The number of carbonyl (C=O) groups excluding carboxylic acids is 1. The lowest BCUT2D eigenvalue weighted by Gasteiger charge is -2.25. The van der Waals surface area contributed by atoms with Crippen LogP contribution in [0.2, 0.25) is 0 Å². The Balaban J connectivity index is 1.84. The van der Waals surface area contributed by atoms with Gasteiger partial charge in [-0.1, -0.05) is 12.1 Å². The van der Waals surface area contributed by atoms with Gasteiger partial charge in [0, 0.05) is 12.3 Å². The summed E-state index contributed by atoms with van der Waals surface area (Å²) in [5.41, 5.74) is -0.344. The van der Waals surface area contributed by atoms with Crippen LogP contribution < -0.4 is 9.47 Å². The lowest BCUT2D eigenvalue weighted by molar-refractivity contribution is -0.154. The predicted octanol–water partition coefficient (Wildman–Crippen LogP) is 1.80. The quantitative estimate of drug-likeness (QED) is 0.523. The van der Waals surface area contributed by atoms with Gasteiger partial charge in [-0.2, -0.15) is 0 Å². The van der Waals surface area contributed by atoms with Crippen molar-refractivity contribution in [2.75, 3.05) is 20.8 Å². The Hall–Kier alpha value is -2.93. The first-order valence-electron chi connectivity index (χ1n) is 8.48. The number of methoxy groups -OCH3 is 2. The van der Waals surface area contributed by atoms with Gasteiger partial charge >= 0.3 is 5.97 Å². The van der Waals surface area contributed by atoms with Crippen LogP contribution >= 0.6 is 0 Å². The lowest BCUT2D eigenvalue weighted by Crippen LogP contribution is -2.44. The number of esters is 1. The summed E-state index contributed by atoms with van der Waals surface area (Å²) >= 11 is 0. The van der Waals surface area contributed by atoms with Gasteiger partial charge in [0.05, 0.1) is 20.8 Å². The topological polar surface area (TPSA) is 105 Å². The second kappa shape index (κ2) is 7.36. The molecule has 3 rings (SSSR count). The van der Waals surface area contributed by atoms with E-state index in [9.17, 15) is 20.1 Å². The monoisotopic (exact) mass is 374 g/mol.